The van der Waals surface area contributed by atoms with Crippen LogP contribution in [0.2, 0.25) is 0 Å². The Bertz CT molecular complexity index is 996. The molecule has 0 bridgehead atoms. The monoisotopic (exact) mass is 564 g/mol. The number of nitrogens with zero attached hydrogens (tertiary/aromatic N) is 5. The van der Waals surface area contributed by atoms with Crippen LogP contribution in [-0.4, -0.2) is 65.6 Å². The highest BCUT2D eigenvalue weighted by atomic mass is 127. The maximum atomic E-state index is 12.7. The van der Waals surface area contributed by atoms with Crippen molar-refractivity contribution in [1.29, 1.82) is 0 Å². The zero-order chi connectivity index (χ0) is 22.2. The lowest BCUT2D eigenvalue weighted by Gasteiger charge is -2.35. The summed E-state index contributed by atoms with van der Waals surface area (Å²) in [6.45, 7) is 1.22. The molecule has 4 rings (SSSR count). The minimum Gasteiger partial charge on any atom is -0.405 e. The molecule has 1 aromatic heterocycles. The molecule has 8 nitrogen and oxygen atoms in total. The average molecular weight is 564 g/mol. The molecule has 32 heavy (non-hydrogen) atoms. The van der Waals surface area contributed by atoms with E-state index in [2.05, 4.69) is 20.1 Å². The van der Waals surface area contributed by atoms with Crippen molar-refractivity contribution in [1.82, 2.24) is 20.0 Å². The first-order valence-corrected chi connectivity index (χ1v) is 9.87. The number of nitrogens with one attached hydrogen (secondary N) is 1. The molecule has 12 heteroatoms. The summed E-state index contributed by atoms with van der Waals surface area (Å²) in [4.78, 5) is 20.4. The summed E-state index contributed by atoms with van der Waals surface area (Å²) in [7, 11) is 3.42. The predicted octanol–water partition coefficient (Wildman–Crippen LogP) is 2.72. The Hall–Kier alpha value is -2.51. The van der Waals surface area contributed by atoms with Gasteiger partial charge in [0.2, 0.25) is 5.91 Å². The summed E-state index contributed by atoms with van der Waals surface area (Å²) < 4.78 is 43.9. The zero-order valence-corrected chi connectivity index (χ0v) is 19.9. The maximum Gasteiger partial charge on any atom is 0.573 e. The van der Waals surface area contributed by atoms with E-state index in [0.29, 0.717) is 31.0 Å². The molecule has 174 valence electrons. The number of ether oxygens (including phenoxy) is 1. The Balaban J connectivity index is 0.00000289. The number of para-hydroxylation sites is 1. The molecule has 0 spiro atoms. The number of hydrogen-bond acceptors (Lipinski definition) is 4. The molecule has 1 amide bonds. The van der Waals surface area contributed by atoms with Crippen molar-refractivity contribution >= 4 is 41.5 Å². The smallest absolute Gasteiger partial charge is 0.405 e. The number of rotatable bonds is 4. The first-order valence-electron chi connectivity index (χ1n) is 9.87. The first kappa shape index (κ1) is 24.1. The highest BCUT2D eigenvalue weighted by molar-refractivity contribution is 14.0. The Morgan fingerprint density at radius 1 is 1.28 bits per heavy atom. The van der Waals surface area contributed by atoms with E-state index in [1.165, 1.54) is 12.1 Å². The van der Waals surface area contributed by atoms with Crippen molar-refractivity contribution in [3.8, 4) is 5.75 Å². The Kier molecular flexibility index (Phi) is 7.20. The topological polar surface area (TPSA) is 75.0 Å². The Labute approximate surface area is 200 Å². The molecule has 2 aromatic rings. The number of amides is 1. The lowest BCUT2D eigenvalue weighted by molar-refractivity contribution is -0.274. The van der Waals surface area contributed by atoms with Gasteiger partial charge >= 0.3 is 6.36 Å². The maximum absolute atomic E-state index is 12.7. The van der Waals surface area contributed by atoms with Crippen LogP contribution in [0, 0.1) is 0 Å². The Morgan fingerprint density at radius 2 is 2.03 bits per heavy atom. The molecule has 1 aliphatic carbocycles. The van der Waals surface area contributed by atoms with E-state index in [-0.39, 0.29) is 54.1 Å². The van der Waals surface area contributed by atoms with Crippen LogP contribution in [-0.2, 0) is 11.8 Å². The van der Waals surface area contributed by atoms with E-state index < -0.39 is 6.36 Å². The molecule has 2 unspecified atom stereocenters. The van der Waals surface area contributed by atoms with Crippen molar-refractivity contribution in [2.24, 2.45) is 12.0 Å². The van der Waals surface area contributed by atoms with Gasteiger partial charge in [0.05, 0.1) is 11.9 Å². The van der Waals surface area contributed by atoms with Gasteiger partial charge in [-0.05, 0) is 18.1 Å². The largest absolute Gasteiger partial charge is 0.573 e. The quantitative estimate of drug-likeness (QED) is 0.352. The summed E-state index contributed by atoms with van der Waals surface area (Å²) in [5.41, 5.74) is 1.25. The summed E-state index contributed by atoms with van der Waals surface area (Å²) in [6.07, 6.45) is -0.648. The summed E-state index contributed by atoms with van der Waals surface area (Å²) in [5.74, 6) is 0.182. The number of hydrogen-bond donors (Lipinski definition) is 1. The second-order valence-electron chi connectivity index (χ2n) is 7.57. The van der Waals surface area contributed by atoms with Gasteiger partial charge in [-0.2, -0.15) is 5.10 Å². The van der Waals surface area contributed by atoms with Crippen LogP contribution >= 0.6 is 24.0 Å². The molecular formula is C20H24F3IN6O2. The second kappa shape index (κ2) is 9.55. The van der Waals surface area contributed by atoms with Crippen molar-refractivity contribution in [2.75, 3.05) is 31.6 Å². The van der Waals surface area contributed by atoms with Crippen LogP contribution in [0.5, 0.6) is 5.75 Å². The fourth-order valence-electron chi connectivity index (χ4n) is 3.84. The van der Waals surface area contributed by atoms with Crippen molar-refractivity contribution in [3.63, 3.8) is 0 Å². The average Bonchev–Trinajstić information content (AvgIpc) is 3.34. The van der Waals surface area contributed by atoms with Gasteiger partial charge in [-0.1, -0.05) is 18.2 Å². The van der Waals surface area contributed by atoms with Gasteiger partial charge in [0.15, 0.2) is 5.96 Å². The van der Waals surface area contributed by atoms with Crippen LogP contribution in [0.3, 0.4) is 0 Å². The third kappa shape index (κ3) is 5.45. The van der Waals surface area contributed by atoms with Gasteiger partial charge in [-0.3, -0.25) is 14.5 Å². The van der Waals surface area contributed by atoms with Crippen LogP contribution in [0.25, 0.3) is 0 Å². The molecule has 2 aliphatic rings. The second-order valence-corrected chi connectivity index (χ2v) is 7.57. The molecule has 2 heterocycles. The first-order chi connectivity index (χ1) is 14.7. The van der Waals surface area contributed by atoms with Gasteiger partial charge in [-0.25, -0.2) is 0 Å². The molecule has 1 saturated carbocycles. The number of carbonyl (C=O) groups is 1. The number of guanidine groups is 1. The number of aryl methyl sites for hydroxylation is 1. The normalized spacial score (nSPS) is 21.3. The number of anilines is 1. The number of aliphatic imine (C=N–C) groups is 1. The van der Waals surface area contributed by atoms with Crippen LogP contribution < -0.4 is 15.0 Å². The number of piperazine rings is 1. The van der Waals surface area contributed by atoms with Gasteiger partial charge in [0.25, 0.3) is 0 Å². The summed E-state index contributed by atoms with van der Waals surface area (Å²) in [5, 5.41) is 7.38. The van der Waals surface area contributed by atoms with Gasteiger partial charge in [0, 0.05) is 45.3 Å². The molecule has 2 atom stereocenters. The van der Waals surface area contributed by atoms with Crippen LogP contribution in [0.15, 0.2) is 41.7 Å². The van der Waals surface area contributed by atoms with E-state index in [1.54, 1.807) is 48.2 Å². The van der Waals surface area contributed by atoms with Crippen molar-refractivity contribution < 1.29 is 22.7 Å². The van der Waals surface area contributed by atoms with Crippen LogP contribution in [0.1, 0.15) is 17.9 Å². The molecule has 1 aliphatic heterocycles. The predicted molar refractivity (Wildman–Crippen MR) is 123 cm³/mol. The molecule has 0 radical (unpaired) electrons. The highest BCUT2D eigenvalue weighted by Crippen LogP contribution is 2.45. The number of alkyl halides is 3. The minimum absolute atomic E-state index is 0. The Morgan fingerprint density at radius 3 is 2.66 bits per heavy atom. The van der Waals surface area contributed by atoms with Crippen LogP contribution in [0.4, 0.5) is 18.9 Å². The standard InChI is InChI=1S/C20H23F3N6O2.HI/c1-24-19(28-7-8-29(18(30)12-28)13-10-25-27(2)11-13)26-16-9-15(16)14-5-3-4-6-17(14)31-20(21,22)23;/h3-6,10-11,15-16H,7-9,12H2,1-2H3,(H,24,26);1H. The molecule has 1 saturated heterocycles. The third-order valence-corrected chi connectivity index (χ3v) is 5.38. The number of aromatic nitrogens is 2. The van der Waals surface area contributed by atoms with Gasteiger partial charge in [0.1, 0.15) is 12.3 Å². The van der Waals surface area contributed by atoms with E-state index in [1.807, 2.05) is 4.90 Å². The molecule has 1 N–H and O–H groups in total. The van der Waals surface area contributed by atoms with Crippen molar-refractivity contribution in [2.45, 2.75) is 24.7 Å². The minimum atomic E-state index is -4.74. The number of halogens is 4. The number of carbonyl (C=O) groups excluding carboxylic acids is 1. The summed E-state index contributed by atoms with van der Waals surface area (Å²) >= 11 is 0. The fourth-order valence-corrected chi connectivity index (χ4v) is 3.84. The number of benzene rings is 1. The van der Waals surface area contributed by atoms with E-state index >= 15 is 0 Å². The SMILES string of the molecule is CN=C(NC1CC1c1ccccc1OC(F)(F)F)N1CCN(c2cnn(C)c2)C(=O)C1.I. The van der Waals surface area contributed by atoms with Gasteiger partial charge < -0.3 is 19.9 Å². The molecule has 2 fully saturated rings. The molecule has 1 aromatic carbocycles. The van der Waals surface area contributed by atoms with Gasteiger partial charge in [-0.15, -0.1) is 37.1 Å². The lowest BCUT2D eigenvalue weighted by atomic mass is 10.1. The summed E-state index contributed by atoms with van der Waals surface area (Å²) in [6, 6.07) is 6.10. The van der Waals surface area contributed by atoms with E-state index in [4.69, 9.17) is 0 Å². The van der Waals surface area contributed by atoms with E-state index in [9.17, 15) is 18.0 Å². The van der Waals surface area contributed by atoms with Crippen molar-refractivity contribution in [3.05, 3.63) is 42.2 Å². The fraction of sp³-hybridized carbons (Fsp3) is 0.450. The zero-order valence-electron chi connectivity index (χ0n) is 17.5. The lowest BCUT2D eigenvalue weighted by Crippen LogP contribution is -2.55. The van der Waals surface area contributed by atoms with E-state index in [0.717, 1.165) is 5.69 Å². The highest BCUT2D eigenvalue weighted by Gasteiger charge is 2.43. The third-order valence-electron chi connectivity index (χ3n) is 5.38. The molecular weight excluding hydrogens is 540 g/mol.